The summed E-state index contributed by atoms with van der Waals surface area (Å²) in [6.07, 6.45) is 7.51. The SMILES string of the molecule is COc1ccc2c(O[C@@H]3C[C@H]4C(=O)N[C@]5(C(=O)NS(=O)(=O)C6CC6)C[C@H]5CCCCCCN(C)C(=O)[C@@H]4C3)cc(-c3nccs3)nc2c1C. The van der Waals surface area contributed by atoms with Crippen molar-refractivity contribution in [1.29, 1.82) is 0 Å². The van der Waals surface area contributed by atoms with Crippen LogP contribution in [0.15, 0.2) is 29.8 Å². The Morgan fingerprint density at radius 3 is 2.59 bits per heavy atom. The summed E-state index contributed by atoms with van der Waals surface area (Å²) in [6, 6.07) is 5.62. The Labute approximate surface area is 290 Å². The number of hydrogen-bond acceptors (Lipinski definition) is 10. The molecule has 2 aromatic heterocycles. The van der Waals surface area contributed by atoms with Gasteiger partial charge in [0.15, 0.2) is 0 Å². The summed E-state index contributed by atoms with van der Waals surface area (Å²) in [4.78, 5) is 52.9. The number of rotatable bonds is 7. The highest BCUT2D eigenvalue weighted by atomic mass is 32.2. The molecular formula is C35H43N5O7S2. The molecule has 2 N–H and O–H groups in total. The molecule has 5 atom stereocenters. The molecule has 3 amide bonds. The fourth-order valence-electron chi connectivity index (χ4n) is 7.63. The normalized spacial score (nSPS) is 27.9. The lowest BCUT2D eigenvalue weighted by Gasteiger charge is -2.27. The quantitative estimate of drug-likeness (QED) is 0.364. The smallest absolute Gasteiger partial charge is 0.259 e. The fraction of sp³-hybridized carbons (Fsp3) is 0.571. The molecule has 3 heterocycles. The molecule has 0 spiro atoms. The van der Waals surface area contributed by atoms with E-state index in [1.54, 1.807) is 25.3 Å². The van der Waals surface area contributed by atoms with Crippen LogP contribution in [0.25, 0.3) is 21.6 Å². The summed E-state index contributed by atoms with van der Waals surface area (Å²) >= 11 is 1.46. The number of nitrogens with zero attached hydrogens (tertiary/aromatic N) is 3. The van der Waals surface area contributed by atoms with Crippen LogP contribution in [0.1, 0.15) is 69.8 Å². The van der Waals surface area contributed by atoms with Crippen LogP contribution in [-0.2, 0) is 24.4 Å². The monoisotopic (exact) mass is 709 g/mol. The first-order valence-corrected chi connectivity index (χ1v) is 19.6. The van der Waals surface area contributed by atoms with Gasteiger partial charge in [-0.3, -0.25) is 19.1 Å². The first-order chi connectivity index (χ1) is 23.5. The van der Waals surface area contributed by atoms with E-state index in [1.165, 1.54) is 11.3 Å². The molecule has 0 bridgehead atoms. The van der Waals surface area contributed by atoms with Crippen molar-refractivity contribution in [2.45, 2.75) is 88.0 Å². The molecule has 262 valence electrons. The Bertz CT molecular complexity index is 1880. The summed E-state index contributed by atoms with van der Waals surface area (Å²) in [5.41, 5.74) is 0.904. The lowest BCUT2D eigenvalue weighted by molar-refractivity contribution is -0.140. The number of aromatic nitrogens is 2. The maximum atomic E-state index is 14.2. The van der Waals surface area contributed by atoms with Gasteiger partial charge in [-0.15, -0.1) is 11.3 Å². The van der Waals surface area contributed by atoms with Crippen molar-refractivity contribution in [3.63, 3.8) is 0 Å². The highest BCUT2D eigenvalue weighted by molar-refractivity contribution is 7.91. The first kappa shape index (κ1) is 33.7. The molecule has 3 aliphatic carbocycles. The van der Waals surface area contributed by atoms with E-state index in [0.29, 0.717) is 61.4 Å². The molecular weight excluding hydrogens is 667 g/mol. The Hall–Kier alpha value is -3.78. The number of benzene rings is 1. The highest BCUT2D eigenvalue weighted by Crippen LogP contribution is 2.49. The number of amides is 3. The van der Waals surface area contributed by atoms with E-state index in [-0.39, 0.29) is 18.2 Å². The minimum Gasteiger partial charge on any atom is -0.496 e. The second-order valence-corrected chi connectivity index (χ2v) is 16.9. The van der Waals surface area contributed by atoms with Crippen molar-refractivity contribution >= 4 is 50.0 Å². The Morgan fingerprint density at radius 1 is 1.08 bits per heavy atom. The van der Waals surface area contributed by atoms with Crippen molar-refractivity contribution in [2.75, 3.05) is 20.7 Å². The van der Waals surface area contributed by atoms with Crippen molar-refractivity contribution in [1.82, 2.24) is 24.9 Å². The molecule has 1 aromatic carbocycles. The number of nitrogens with one attached hydrogen (secondary N) is 2. The Morgan fingerprint density at radius 2 is 1.86 bits per heavy atom. The molecule has 4 fully saturated rings. The van der Waals surface area contributed by atoms with Gasteiger partial charge in [-0.05, 0) is 69.9 Å². The zero-order chi connectivity index (χ0) is 34.5. The van der Waals surface area contributed by atoms with Crippen molar-refractivity contribution in [2.24, 2.45) is 17.8 Å². The third-order valence-electron chi connectivity index (χ3n) is 10.7. The van der Waals surface area contributed by atoms with Crippen molar-refractivity contribution in [3.8, 4) is 22.2 Å². The molecule has 4 aliphatic rings. The van der Waals surface area contributed by atoms with Gasteiger partial charge in [0.25, 0.3) is 5.91 Å². The summed E-state index contributed by atoms with van der Waals surface area (Å²) in [7, 11) is -0.406. The second-order valence-electron chi connectivity index (χ2n) is 14.1. The maximum Gasteiger partial charge on any atom is 0.259 e. The van der Waals surface area contributed by atoms with E-state index < -0.39 is 50.6 Å². The molecule has 12 nitrogen and oxygen atoms in total. The van der Waals surface area contributed by atoms with Gasteiger partial charge in [-0.25, -0.2) is 18.4 Å². The van der Waals surface area contributed by atoms with Crippen LogP contribution in [0.3, 0.4) is 0 Å². The van der Waals surface area contributed by atoms with Crippen LogP contribution in [0.2, 0.25) is 0 Å². The first-order valence-electron chi connectivity index (χ1n) is 17.2. The van der Waals surface area contributed by atoms with Gasteiger partial charge in [0.2, 0.25) is 21.8 Å². The molecule has 1 aliphatic heterocycles. The fourth-order valence-corrected chi connectivity index (χ4v) is 9.60. The van der Waals surface area contributed by atoms with E-state index in [0.717, 1.165) is 41.6 Å². The third kappa shape index (κ3) is 6.61. The Kier molecular flexibility index (Phi) is 9.05. The molecule has 3 saturated carbocycles. The molecule has 0 radical (unpaired) electrons. The van der Waals surface area contributed by atoms with Crippen LogP contribution in [-0.4, -0.2) is 78.6 Å². The molecule has 1 saturated heterocycles. The van der Waals surface area contributed by atoms with E-state index in [1.807, 2.05) is 30.5 Å². The van der Waals surface area contributed by atoms with E-state index >= 15 is 0 Å². The number of ether oxygens (including phenoxy) is 2. The number of hydrogen-bond donors (Lipinski definition) is 2. The van der Waals surface area contributed by atoms with Crippen LogP contribution in [0.5, 0.6) is 11.5 Å². The second kappa shape index (κ2) is 13.2. The molecule has 49 heavy (non-hydrogen) atoms. The van der Waals surface area contributed by atoms with E-state index in [2.05, 4.69) is 15.0 Å². The van der Waals surface area contributed by atoms with Gasteiger partial charge in [-0.2, -0.15) is 0 Å². The predicted molar refractivity (Wildman–Crippen MR) is 185 cm³/mol. The van der Waals surface area contributed by atoms with Gasteiger partial charge in [0.1, 0.15) is 33.8 Å². The molecule has 7 rings (SSSR count). The lowest BCUT2D eigenvalue weighted by atomic mass is 9.92. The van der Waals surface area contributed by atoms with Crippen molar-refractivity contribution in [3.05, 3.63) is 35.3 Å². The lowest BCUT2D eigenvalue weighted by Crippen LogP contribution is -2.54. The number of aryl methyl sites for hydroxylation is 1. The summed E-state index contributed by atoms with van der Waals surface area (Å²) in [6.45, 7) is 2.53. The highest BCUT2D eigenvalue weighted by Gasteiger charge is 2.62. The average Bonchev–Trinajstić information content (AvgIpc) is 3.94. The van der Waals surface area contributed by atoms with Gasteiger partial charge in [0, 0.05) is 42.2 Å². The number of carbonyl (C=O) groups excluding carboxylic acids is 3. The number of carbonyl (C=O) groups is 3. The average molecular weight is 710 g/mol. The summed E-state index contributed by atoms with van der Waals surface area (Å²) in [5.74, 6) is -1.54. The number of fused-ring (bicyclic) bond motifs is 3. The van der Waals surface area contributed by atoms with Crippen molar-refractivity contribution < 1.29 is 32.3 Å². The maximum absolute atomic E-state index is 14.2. The molecule has 3 aromatic rings. The summed E-state index contributed by atoms with van der Waals surface area (Å²) < 4.78 is 40.1. The van der Waals surface area contributed by atoms with Crippen LogP contribution < -0.4 is 19.5 Å². The molecule has 14 heteroatoms. The topological polar surface area (TPSA) is 157 Å². The molecule has 0 unspecified atom stereocenters. The number of thiazole rings is 1. The number of pyridine rings is 1. The van der Waals surface area contributed by atoms with Crippen LogP contribution in [0.4, 0.5) is 0 Å². The Balaban J connectivity index is 1.19. The van der Waals surface area contributed by atoms with Gasteiger partial charge < -0.3 is 19.7 Å². The largest absolute Gasteiger partial charge is 0.496 e. The number of methoxy groups -OCH3 is 1. The number of sulfonamides is 1. The minimum atomic E-state index is -3.80. The third-order valence-corrected chi connectivity index (χ3v) is 13.3. The zero-order valence-corrected chi connectivity index (χ0v) is 29.7. The van der Waals surface area contributed by atoms with Crippen LogP contribution >= 0.6 is 11.3 Å². The minimum absolute atomic E-state index is 0.130. The predicted octanol–water partition coefficient (Wildman–Crippen LogP) is 4.35. The van der Waals surface area contributed by atoms with Gasteiger partial charge >= 0.3 is 0 Å². The van der Waals surface area contributed by atoms with Gasteiger partial charge in [-0.1, -0.05) is 19.3 Å². The van der Waals surface area contributed by atoms with Gasteiger partial charge in [0.05, 0.1) is 29.7 Å². The zero-order valence-electron chi connectivity index (χ0n) is 28.1. The van der Waals surface area contributed by atoms with E-state index in [4.69, 9.17) is 14.5 Å². The van der Waals surface area contributed by atoms with Crippen LogP contribution in [0, 0.1) is 24.7 Å². The standard InChI is InChI=1S/C35H43N5O7S2/c1-20-28(46-3)12-11-24-29(18-27(37-30(20)24)32-36-13-15-48-32)47-22-16-25-26(17-22)33(42)40(2)14-7-5-4-6-8-21-19-35(21,38-31(25)41)34(43)39-49(44,45)23-9-10-23/h11-13,15,18,21-23,25-26H,4-10,14,16-17,19H2,1-3H3,(H,38,41)(H,39,43)/t21-,22-,25-,26-,35-/m1/s1. The van der Waals surface area contributed by atoms with E-state index in [9.17, 15) is 22.8 Å². The summed E-state index contributed by atoms with van der Waals surface area (Å²) in [5, 5.41) is 5.83.